The molecule has 5 heteroatoms. The van der Waals surface area contributed by atoms with Gasteiger partial charge in [-0.25, -0.2) is 0 Å². The lowest BCUT2D eigenvalue weighted by molar-refractivity contribution is -0.151. The summed E-state index contributed by atoms with van der Waals surface area (Å²) in [6, 6.07) is 7.77. The average molecular weight is 313 g/mol. The van der Waals surface area contributed by atoms with Crippen LogP contribution in [0.3, 0.4) is 0 Å². The number of rotatable bonds is 3. The van der Waals surface area contributed by atoms with Crippen molar-refractivity contribution in [1.29, 1.82) is 0 Å². The molecule has 5 nitrogen and oxygen atoms in total. The second-order valence-electron chi connectivity index (χ2n) is 6.36. The van der Waals surface area contributed by atoms with Crippen LogP contribution in [0.15, 0.2) is 36.4 Å². The van der Waals surface area contributed by atoms with E-state index in [4.69, 9.17) is 9.47 Å². The van der Waals surface area contributed by atoms with Crippen LogP contribution < -0.4 is 4.90 Å². The zero-order chi connectivity index (χ0) is 16.2. The summed E-state index contributed by atoms with van der Waals surface area (Å²) in [6.45, 7) is 4.50. The number of hydrogen-bond donors (Lipinski definition) is 0. The van der Waals surface area contributed by atoms with Crippen molar-refractivity contribution in [3.63, 3.8) is 0 Å². The number of anilines is 1. The Kier molecular flexibility index (Phi) is 3.10. The van der Waals surface area contributed by atoms with Crippen LogP contribution >= 0.6 is 0 Å². The predicted octanol–water partition coefficient (Wildman–Crippen LogP) is 1.84. The summed E-state index contributed by atoms with van der Waals surface area (Å²) >= 11 is 0. The number of ether oxygens (including phenoxy) is 2. The van der Waals surface area contributed by atoms with Crippen LogP contribution in [0.25, 0.3) is 0 Å². The van der Waals surface area contributed by atoms with Gasteiger partial charge in [-0.15, -0.1) is 0 Å². The Bertz CT molecular complexity index is 713. The lowest BCUT2D eigenvalue weighted by Gasteiger charge is -2.22. The summed E-state index contributed by atoms with van der Waals surface area (Å²) in [7, 11) is 0. The molecule has 0 unspecified atom stereocenters. The van der Waals surface area contributed by atoms with Gasteiger partial charge < -0.3 is 14.4 Å². The highest BCUT2D eigenvalue weighted by Gasteiger charge is 2.67. The monoisotopic (exact) mass is 313 g/mol. The van der Waals surface area contributed by atoms with Gasteiger partial charge >= 0.3 is 5.97 Å². The number of nitrogens with zero attached hydrogens (tertiary/aromatic N) is 1. The van der Waals surface area contributed by atoms with Gasteiger partial charge in [-0.05, 0) is 25.5 Å². The lowest BCUT2D eigenvalue weighted by atomic mass is 9.77. The molecular weight excluding hydrogens is 294 g/mol. The van der Waals surface area contributed by atoms with Gasteiger partial charge in [-0.2, -0.15) is 0 Å². The van der Waals surface area contributed by atoms with Gasteiger partial charge in [0.1, 0.15) is 11.5 Å². The van der Waals surface area contributed by atoms with E-state index in [9.17, 15) is 9.59 Å². The number of benzene rings is 1. The Balaban J connectivity index is 1.71. The SMILES string of the molecule is CCOC(=O)[C@H]1[C@H]2C(=O)N(c3ccccc3C)C[C@]23C=C[C@H]1O3. The number of carbonyl (C=O) groups excluding carboxylic acids is 2. The zero-order valence-corrected chi connectivity index (χ0v) is 13.2. The second kappa shape index (κ2) is 4.93. The quantitative estimate of drug-likeness (QED) is 0.631. The summed E-state index contributed by atoms with van der Waals surface area (Å²) < 4.78 is 11.2. The van der Waals surface area contributed by atoms with E-state index in [1.165, 1.54) is 0 Å². The summed E-state index contributed by atoms with van der Waals surface area (Å²) in [6.07, 6.45) is 3.50. The highest BCUT2D eigenvalue weighted by atomic mass is 16.6. The number of hydrogen-bond acceptors (Lipinski definition) is 4. The molecule has 3 aliphatic rings. The van der Waals surface area contributed by atoms with E-state index in [0.717, 1.165) is 11.3 Å². The van der Waals surface area contributed by atoms with Gasteiger partial charge in [0.05, 0.1) is 25.2 Å². The van der Waals surface area contributed by atoms with Gasteiger partial charge in [0.2, 0.25) is 5.91 Å². The number of aryl methyl sites for hydroxylation is 1. The molecule has 2 saturated heterocycles. The van der Waals surface area contributed by atoms with E-state index in [1.807, 2.05) is 43.3 Å². The molecule has 1 aromatic rings. The van der Waals surface area contributed by atoms with E-state index in [-0.39, 0.29) is 18.0 Å². The van der Waals surface area contributed by atoms with Gasteiger partial charge in [0, 0.05) is 5.69 Å². The third-order valence-electron chi connectivity index (χ3n) is 5.07. The largest absolute Gasteiger partial charge is 0.466 e. The van der Waals surface area contributed by atoms with E-state index >= 15 is 0 Å². The molecule has 0 N–H and O–H groups in total. The highest BCUT2D eigenvalue weighted by Crippen LogP contribution is 2.53. The van der Waals surface area contributed by atoms with Crippen molar-refractivity contribution in [3.05, 3.63) is 42.0 Å². The first kappa shape index (κ1) is 14.5. The molecule has 0 aliphatic carbocycles. The number of carbonyl (C=O) groups is 2. The Morgan fingerprint density at radius 2 is 2.22 bits per heavy atom. The minimum atomic E-state index is -0.693. The summed E-state index contributed by atoms with van der Waals surface area (Å²) in [5, 5.41) is 0. The fraction of sp³-hybridized carbons (Fsp3) is 0.444. The molecule has 1 amide bonds. The third-order valence-corrected chi connectivity index (χ3v) is 5.07. The molecule has 4 atom stereocenters. The summed E-state index contributed by atoms with van der Waals surface area (Å²) in [5.41, 5.74) is 1.22. The Morgan fingerprint density at radius 3 is 2.96 bits per heavy atom. The minimum absolute atomic E-state index is 0.0517. The van der Waals surface area contributed by atoms with Crippen LogP contribution in [-0.4, -0.2) is 36.7 Å². The van der Waals surface area contributed by atoms with Crippen LogP contribution in [0, 0.1) is 18.8 Å². The van der Waals surface area contributed by atoms with Crippen molar-refractivity contribution >= 4 is 17.6 Å². The second-order valence-corrected chi connectivity index (χ2v) is 6.36. The van der Waals surface area contributed by atoms with Crippen LogP contribution in [0.2, 0.25) is 0 Å². The average Bonchev–Trinajstić information content (AvgIpc) is 3.16. The zero-order valence-electron chi connectivity index (χ0n) is 13.2. The van der Waals surface area contributed by atoms with Crippen molar-refractivity contribution < 1.29 is 19.1 Å². The van der Waals surface area contributed by atoms with Crippen LogP contribution in [-0.2, 0) is 19.1 Å². The molecule has 3 aliphatic heterocycles. The summed E-state index contributed by atoms with van der Waals surface area (Å²) in [4.78, 5) is 27.1. The van der Waals surface area contributed by atoms with E-state index in [2.05, 4.69) is 0 Å². The topological polar surface area (TPSA) is 55.8 Å². The van der Waals surface area contributed by atoms with Crippen LogP contribution in [0.4, 0.5) is 5.69 Å². The molecule has 0 saturated carbocycles. The van der Waals surface area contributed by atoms with Crippen molar-refractivity contribution in [1.82, 2.24) is 0 Å². The molecule has 1 spiro atoms. The Morgan fingerprint density at radius 1 is 1.43 bits per heavy atom. The predicted molar refractivity (Wildman–Crippen MR) is 83.9 cm³/mol. The van der Waals surface area contributed by atoms with Crippen LogP contribution in [0.1, 0.15) is 12.5 Å². The van der Waals surface area contributed by atoms with Crippen molar-refractivity contribution in [3.8, 4) is 0 Å². The van der Waals surface area contributed by atoms with Crippen molar-refractivity contribution in [2.24, 2.45) is 11.8 Å². The molecule has 1 aromatic carbocycles. The molecule has 2 fully saturated rings. The third kappa shape index (κ3) is 1.89. The number of esters is 1. The molecule has 23 heavy (non-hydrogen) atoms. The van der Waals surface area contributed by atoms with E-state index in [0.29, 0.717) is 13.2 Å². The summed E-state index contributed by atoms with van der Waals surface area (Å²) in [5.74, 6) is -1.42. The van der Waals surface area contributed by atoms with Crippen molar-refractivity contribution in [2.45, 2.75) is 25.6 Å². The van der Waals surface area contributed by atoms with E-state index < -0.39 is 17.4 Å². The van der Waals surface area contributed by atoms with Gasteiger partial charge in [-0.1, -0.05) is 30.4 Å². The molecule has 0 radical (unpaired) electrons. The maximum Gasteiger partial charge on any atom is 0.312 e. The van der Waals surface area contributed by atoms with E-state index in [1.54, 1.807) is 11.8 Å². The molecule has 4 rings (SSSR count). The number of para-hydroxylation sites is 1. The fourth-order valence-electron chi connectivity index (χ4n) is 4.08. The lowest BCUT2D eigenvalue weighted by Crippen LogP contribution is -2.40. The first-order chi connectivity index (χ1) is 11.1. The highest BCUT2D eigenvalue weighted by molar-refractivity contribution is 6.03. The Labute approximate surface area is 134 Å². The van der Waals surface area contributed by atoms with Gasteiger partial charge in [-0.3, -0.25) is 9.59 Å². The first-order valence-corrected chi connectivity index (χ1v) is 7.98. The normalized spacial score (nSPS) is 34.1. The molecule has 120 valence electrons. The van der Waals surface area contributed by atoms with Gasteiger partial charge in [0.25, 0.3) is 0 Å². The Hall–Kier alpha value is -2.14. The van der Waals surface area contributed by atoms with Crippen molar-refractivity contribution in [2.75, 3.05) is 18.1 Å². The minimum Gasteiger partial charge on any atom is -0.466 e. The number of amides is 1. The first-order valence-electron chi connectivity index (χ1n) is 7.98. The van der Waals surface area contributed by atoms with Crippen LogP contribution in [0.5, 0.6) is 0 Å². The molecular formula is C18H19NO4. The smallest absolute Gasteiger partial charge is 0.312 e. The standard InChI is InChI=1S/C18H19NO4/c1-3-22-17(21)14-13-8-9-18(23-13)10-19(16(20)15(14)18)12-7-5-4-6-11(12)2/h4-9,13-15H,3,10H2,1-2H3/t13-,14-,15+,18-/m1/s1. The number of fused-ring (bicyclic) bond motifs is 1. The molecule has 2 bridgehead atoms. The fourth-order valence-corrected chi connectivity index (χ4v) is 4.08. The molecule has 3 heterocycles. The maximum atomic E-state index is 13.0. The molecule has 0 aromatic heterocycles. The maximum absolute atomic E-state index is 13.0. The van der Waals surface area contributed by atoms with Gasteiger partial charge in [0.15, 0.2) is 0 Å².